The second kappa shape index (κ2) is 15.3. The Balaban J connectivity index is 1.67. The topological polar surface area (TPSA) is 162 Å². The van der Waals surface area contributed by atoms with Gasteiger partial charge in [0.05, 0.1) is 11.5 Å². The number of aliphatic hydroxyl groups is 1. The highest BCUT2D eigenvalue weighted by molar-refractivity contribution is 7.89. The van der Waals surface area contributed by atoms with Gasteiger partial charge in [0.1, 0.15) is 6.04 Å². The fraction of sp³-hybridized carbons (Fsp3) is 0.355. The van der Waals surface area contributed by atoms with E-state index in [-0.39, 0.29) is 36.7 Å². The van der Waals surface area contributed by atoms with Crippen molar-refractivity contribution < 1.29 is 28.2 Å². The van der Waals surface area contributed by atoms with Crippen molar-refractivity contribution in [1.29, 1.82) is 0 Å². The van der Waals surface area contributed by atoms with E-state index in [2.05, 4.69) is 10.6 Å². The van der Waals surface area contributed by atoms with Crippen molar-refractivity contribution in [3.8, 4) is 11.1 Å². The second-order valence-corrected chi connectivity index (χ2v) is 12.4. The summed E-state index contributed by atoms with van der Waals surface area (Å²) in [7, 11) is -3.91. The molecule has 3 aromatic rings. The maximum atomic E-state index is 13.5. The fourth-order valence-corrected chi connectivity index (χ4v) is 6.56. The van der Waals surface area contributed by atoms with Gasteiger partial charge in [0.15, 0.2) is 0 Å². The summed E-state index contributed by atoms with van der Waals surface area (Å²) in [4.78, 5) is 24.7. The maximum absolute atomic E-state index is 13.5. The number of nitrogens with zero attached hydrogens (tertiary/aromatic N) is 1. The van der Waals surface area contributed by atoms with E-state index in [1.54, 1.807) is 0 Å². The van der Waals surface area contributed by atoms with Crippen LogP contribution in [0.2, 0.25) is 0 Å². The third kappa shape index (κ3) is 9.04. The number of hydrogen-bond donors (Lipinski definition) is 5. The standard InChI is InChI=1S/C31H40N4O6S/c1-22(2)20-35(42(40,41)27-16-14-25(32)15-17-27)26(21-36)12-8-18-33-30(37)29(34-31(38)39)19-24-11-6-7-13-28(24)23-9-4-3-5-10-23/h3-7,9-11,13-17,22,26,29,34,36H,8,12,18-21,32H2,1-2H3,(H,33,37)(H,38,39). The molecule has 2 amide bonds. The first-order chi connectivity index (χ1) is 20.0. The van der Waals surface area contributed by atoms with Crippen LogP contribution in [-0.2, 0) is 21.2 Å². The van der Waals surface area contributed by atoms with Crippen LogP contribution in [0.15, 0.2) is 83.8 Å². The number of amides is 2. The molecule has 6 N–H and O–H groups in total. The summed E-state index contributed by atoms with van der Waals surface area (Å²) in [5.74, 6) is -0.488. The molecule has 0 bridgehead atoms. The smallest absolute Gasteiger partial charge is 0.405 e. The summed E-state index contributed by atoms with van der Waals surface area (Å²) in [5.41, 5.74) is 8.84. The minimum Gasteiger partial charge on any atom is -0.465 e. The number of carbonyl (C=O) groups is 2. The Bertz CT molecular complexity index is 1410. The largest absolute Gasteiger partial charge is 0.465 e. The summed E-state index contributed by atoms with van der Waals surface area (Å²) < 4.78 is 28.2. The first-order valence-electron chi connectivity index (χ1n) is 13.9. The van der Waals surface area contributed by atoms with E-state index in [0.717, 1.165) is 16.7 Å². The zero-order chi connectivity index (χ0) is 30.7. The molecule has 2 unspecified atom stereocenters. The summed E-state index contributed by atoms with van der Waals surface area (Å²) in [6.07, 6.45) is -0.524. The van der Waals surface area contributed by atoms with Gasteiger partial charge in [-0.25, -0.2) is 13.2 Å². The lowest BCUT2D eigenvalue weighted by Gasteiger charge is -2.31. The summed E-state index contributed by atoms with van der Waals surface area (Å²) in [6, 6.07) is 21.3. The van der Waals surface area contributed by atoms with E-state index in [1.165, 1.54) is 28.6 Å². The lowest BCUT2D eigenvalue weighted by atomic mass is 9.95. The van der Waals surface area contributed by atoms with Crippen LogP contribution in [-0.4, -0.2) is 66.7 Å². The molecule has 2 atom stereocenters. The number of anilines is 1. The highest BCUT2D eigenvalue weighted by Crippen LogP contribution is 2.25. The molecule has 10 nitrogen and oxygen atoms in total. The Labute approximate surface area is 247 Å². The lowest BCUT2D eigenvalue weighted by Crippen LogP contribution is -2.48. The molecule has 0 aliphatic heterocycles. The molecule has 0 spiro atoms. The molecule has 0 aromatic heterocycles. The highest BCUT2D eigenvalue weighted by atomic mass is 32.2. The molecule has 0 saturated heterocycles. The number of hydrogen-bond acceptors (Lipinski definition) is 6. The molecule has 11 heteroatoms. The van der Waals surface area contributed by atoms with Gasteiger partial charge in [0, 0.05) is 31.2 Å². The Morgan fingerprint density at radius 3 is 2.21 bits per heavy atom. The fourth-order valence-electron chi connectivity index (χ4n) is 4.75. The molecule has 42 heavy (non-hydrogen) atoms. The number of benzene rings is 3. The predicted octanol–water partition coefficient (Wildman–Crippen LogP) is 3.72. The molecule has 3 rings (SSSR count). The van der Waals surface area contributed by atoms with Crippen molar-refractivity contribution >= 4 is 27.7 Å². The van der Waals surface area contributed by atoms with Crippen LogP contribution >= 0.6 is 0 Å². The Morgan fingerprint density at radius 2 is 1.60 bits per heavy atom. The van der Waals surface area contributed by atoms with Crippen molar-refractivity contribution in [2.24, 2.45) is 5.92 Å². The van der Waals surface area contributed by atoms with Crippen molar-refractivity contribution in [3.05, 3.63) is 84.4 Å². The number of nitrogen functional groups attached to an aromatic ring is 1. The molecule has 0 fully saturated rings. The number of carbonyl (C=O) groups excluding carboxylic acids is 1. The van der Waals surface area contributed by atoms with Crippen molar-refractivity contribution in [2.75, 3.05) is 25.4 Å². The molecule has 226 valence electrons. The number of sulfonamides is 1. The zero-order valence-corrected chi connectivity index (χ0v) is 24.8. The second-order valence-electron chi connectivity index (χ2n) is 10.5. The minimum atomic E-state index is -3.91. The van der Waals surface area contributed by atoms with Gasteiger partial charge in [-0.3, -0.25) is 4.79 Å². The Morgan fingerprint density at radius 1 is 0.952 bits per heavy atom. The van der Waals surface area contributed by atoms with Gasteiger partial charge in [-0.2, -0.15) is 4.31 Å². The zero-order valence-electron chi connectivity index (χ0n) is 23.9. The van der Waals surface area contributed by atoms with Gasteiger partial charge >= 0.3 is 6.09 Å². The SMILES string of the molecule is CC(C)CN(C(CO)CCCNC(=O)C(Cc1ccccc1-c1ccccc1)NC(=O)O)S(=O)(=O)c1ccc(N)cc1. The van der Waals surface area contributed by atoms with Gasteiger partial charge < -0.3 is 26.6 Å². The third-order valence-corrected chi connectivity index (χ3v) is 8.74. The van der Waals surface area contributed by atoms with E-state index in [4.69, 9.17) is 5.73 Å². The normalized spacial score (nSPS) is 13.1. The Hall–Kier alpha value is -3.93. The molecule has 3 aromatic carbocycles. The minimum absolute atomic E-state index is 0.00363. The Kier molecular flexibility index (Phi) is 11.9. The van der Waals surface area contributed by atoms with Gasteiger partial charge in [0.2, 0.25) is 15.9 Å². The van der Waals surface area contributed by atoms with E-state index >= 15 is 0 Å². The van der Waals surface area contributed by atoms with Crippen LogP contribution < -0.4 is 16.4 Å². The summed E-state index contributed by atoms with van der Waals surface area (Å²) >= 11 is 0. The van der Waals surface area contributed by atoms with Crippen LogP contribution in [0.1, 0.15) is 32.3 Å². The molecular formula is C31H40N4O6S. The molecule has 0 heterocycles. The quantitative estimate of drug-likeness (QED) is 0.132. The highest BCUT2D eigenvalue weighted by Gasteiger charge is 2.31. The first kappa shape index (κ1) is 32.6. The molecule has 0 radical (unpaired) electrons. The number of carboxylic acid groups (broad SMARTS) is 1. The van der Waals surface area contributed by atoms with E-state index in [9.17, 15) is 28.2 Å². The summed E-state index contributed by atoms with van der Waals surface area (Å²) in [5, 5.41) is 24.7. The van der Waals surface area contributed by atoms with Gasteiger partial charge in [-0.05, 0) is 59.7 Å². The van der Waals surface area contributed by atoms with Crippen LogP contribution in [0.3, 0.4) is 0 Å². The molecular weight excluding hydrogens is 556 g/mol. The van der Waals surface area contributed by atoms with Crippen LogP contribution in [0, 0.1) is 5.92 Å². The summed E-state index contributed by atoms with van der Waals surface area (Å²) in [6.45, 7) is 3.77. The first-order valence-corrected chi connectivity index (χ1v) is 15.4. The number of rotatable bonds is 15. The predicted molar refractivity (Wildman–Crippen MR) is 163 cm³/mol. The monoisotopic (exact) mass is 596 g/mol. The number of nitrogens with two attached hydrogens (primary N) is 1. The van der Waals surface area contributed by atoms with E-state index in [0.29, 0.717) is 12.1 Å². The average Bonchev–Trinajstić information content (AvgIpc) is 2.96. The third-order valence-electron chi connectivity index (χ3n) is 6.80. The van der Waals surface area contributed by atoms with E-state index in [1.807, 2.05) is 68.4 Å². The molecule has 0 aliphatic carbocycles. The van der Waals surface area contributed by atoms with Crippen LogP contribution in [0.25, 0.3) is 11.1 Å². The molecule has 0 saturated carbocycles. The van der Waals surface area contributed by atoms with Gasteiger partial charge in [-0.15, -0.1) is 0 Å². The van der Waals surface area contributed by atoms with Crippen LogP contribution in [0.5, 0.6) is 0 Å². The maximum Gasteiger partial charge on any atom is 0.405 e. The number of nitrogens with one attached hydrogen (secondary N) is 2. The number of aliphatic hydroxyl groups excluding tert-OH is 1. The average molecular weight is 597 g/mol. The van der Waals surface area contributed by atoms with Gasteiger partial charge in [0.25, 0.3) is 0 Å². The van der Waals surface area contributed by atoms with Crippen molar-refractivity contribution in [3.63, 3.8) is 0 Å². The lowest BCUT2D eigenvalue weighted by molar-refractivity contribution is -0.123. The van der Waals surface area contributed by atoms with E-state index < -0.39 is 40.7 Å². The van der Waals surface area contributed by atoms with Crippen molar-refractivity contribution in [2.45, 2.75) is 50.1 Å². The van der Waals surface area contributed by atoms with Crippen molar-refractivity contribution in [1.82, 2.24) is 14.9 Å². The van der Waals surface area contributed by atoms with Crippen LogP contribution in [0.4, 0.5) is 10.5 Å². The molecule has 0 aliphatic rings. The van der Waals surface area contributed by atoms with Gasteiger partial charge in [-0.1, -0.05) is 68.4 Å².